The molecule has 2 rings (SSSR count). The number of amides is 2. The lowest BCUT2D eigenvalue weighted by Crippen LogP contribution is -2.20. The summed E-state index contributed by atoms with van der Waals surface area (Å²) < 4.78 is 2.55. The second-order valence-electron chi connectivity index (χ2n) is 3.43. The third-order valence-electron chi connectivity index (χ3n) is 2.16. The van der Waals surface area contributed by atoms with Crippen LogP contribution in [0.15, 0.2) is 41.0 Å². The molecule has 2 N–H and O–H groups in total. The van der Waals surface area contributed by atoms with Gasteiger partial charge in [-0.3, -0.25) is 10.00 Å². The summed E-state index contributed by atoms with van der Waals surface area (Å²) in [5.74, 6) is 0.639. The molecule has 0 bridgehead atoms. The predicted octanol–water partition coefficient (Wildman–Crippen LogP) is 2.83. The number of anilines is 2. The van der Waals surface area contributed by atoms with Crippen LogP contribution in [0.5, 0.6) is 0 Å². The third-order valence-corrected chi connectivity index (χ3v) is 2.69. The van der Waals surface area contributed by atoms with Crippen molar-refractivity contribution in [3.8, 4) is 0 Å². The zero-order chi connectivity index (χ0) is 12.3. The Hall–Kier alpha value is -1.82. The first-order valence-electron chi connectivity index (χ1n) is 4.97. The van der Waals surface area contributed by atoms with Gasteiger partial charge in [-0.25, -0.2) is 4.79 Å². The van der Waals surface area contributed by atoms with Gasteiger partial charge in [0.1, 0.15) is 5.82 Å². The number of carbonyl (C=O) groups is 1. The maximum absolute atomic E-state index is 11.6. The third kappa shape index (κ3) is 3.07. The Morgan fingerprint density at radius 2 is 1.94 bits per heavy atom. The van der Waals surface area contributed by atoms with Gasteiger partial charge in [-0.05, 0) is 24.3 Å². The zero-order valence-corrected chi connectivity index (χ0v) is 10.7. The Morgan fingerprint density at radius 1 is 1.24 bits per heavy atom. The molecule has 88 valence electrons. The molecule has 0 radical (unpaired) electrons. The number of benzene rings is 1. The summed E-state index contributed by atoms with van der Waals surface area (Å²) in [4.78, 5) is 11.6. The van der Waals surface area contributed by atoms with Gasteiger partial charge in [0.05, 0.1) is 6.20 Å². The average molecular weight is 295 g/mol. The molecule has 2 amide bonds. The molecule has 6 heteroatoms. The van der Waals surface area contributed by atoms with Crippen molar-refractivity contribution in [3.63, 3.8) is 0 Å². The summed E-state index contributed by atoms with van der Waals surface area (Å²) in [6.07, 6.45) is 1.62. The molecule has 0 aliphatic carbocycles. The molecule has 5 nitrogen and oxygen atoms in total. The van der Waals surface area contributed by atoms with Crippen LogP contribution in [-0.4, -0.2) is 15.8 Å². The van der Waals surface area contributed by atoms with Gasteiger partial charge in [0, 0.05) is 23.3 Å². The summed E-state index contributed by atoms with van der Waals surface area (Å²) in [5.41, 5.74) is 0.730. The first-order valence-corrected chi connectivity index (χ1v) is 5.76. The number of nitrogens with zero attached hydrogens (tertiary/aromatic N) is 2. The number of nitrogens with one attached hydrogen (secondary N) is 2. The quantitative estimate of drug-likeness (QED) is 0.895. The summed E-state index contributed by atoms with van der Waals surface area (Å²) in [6, 6.07) is 8.77. The van der Waals surface area contributed by atoms with Gasteiger partial charge in [0.15, 0.2) is 0 Å². The van der Waals surface area contributed by atoms with E-state index >= 15 is 0 Å². The first-order chi connectivity index (χ1) is 8.15. The van der Waals surface area contributed by atoms with Gasteiger partial charge in [-0.2, -0.15) is 5.10 Å². The van der Waals surface area contributed by atoms with Crippen LogP contribution in [-0.2, 0) is 7.05 Å². The molecule has 2 aromatic rings. The van der Waals surface area contributed by atoms with Crippen LogP contribution in [0, 0.1) is 0 Å². The lowest BCUT2D eigenvalue weighted by Gasteiger charge is -2.07. The minimum Gasteiger partial charge on any atom is -0.308 e. The molecule has 0 fully saturated rings. The van der Waals surface area contributed by atoms with Gasteiger partial charge < -0.3 is 5.32 Å². The van der Waals surface area contributed by atoms with Gasteiger partial charge in [-0.15, -0.1) is 0 Å². The van der Waals surface area contributed by atoms with E-state index in [2.05, 4.69) is 31.7 Å². The lowest BCUT2D eigenvalue weighted by atomic mass is 10.3. The SMILES string of the molecule is Cn1nccc1NC(=O)Nc1ccc(Br)cc1. The summed E-state index contributed by atoms with van der Waals surface area (Å²) in [6.45, 7) is 0. The second kappa shape index (κ2) is 5.01. The molecular formula is C11H11BrN4O. The number of urea groups is 1. The fourth-order valence-corrected chi connectivity index (χ4v) is 1.57. The monoisotopic (exact) mass is 294 g/mol. The van der Waals surface area contributed by atoms with Crippen LogP contribution in [0.1, 0.15) is 0 Å². The average Bonchev–Trinajstić information content (AvgIpc) is 2.68. The minimum atomic E-state index is -0.295. The molecular weight excluding hydrogens is 284 g/mol. The number of hydrogen-bond donors (Lipinski definition) is 2. The second-order valence-corrected chi connectivity index (χ2v) is 4.34. The van der Waals surface area contributed by atoms with Crippen molar-refractivity contribution < 1.29 is 4.79 Å². The molecule has 1 heterocycles. The summed E-state index contributed by atoms with van der Waals surface area (Å²) in [7, 11) is 1.76. The number of halogens is 1. The largest absolute Gasteiger partial charge is 0.324 e. The Balaban J connectivity index is 1.98. The van der Waals surface area contributed by atoms with Crippen molar-refractivity contribution in [2.45, 2.75) is 0 Å². The van der Waals surface area contributed by atoms with Crippen molar-refractivity contribution in [3.05, 3.63) is 41.0 Å². The van der Waals surface area contributed by atoms with Crippen LogP contribution in [0.25, 0.3) is 0 Å². The number of carbonyl (C=O) groups excluding carboxylic acids is 1. The number of aromatic nitrogens is 2. The Morgan fingerprint density at radius 3 is 2.53 bits per heavy atom. The highest BCUT2D eigenvalue weighted by Crippen LogP contribution is 2.14. The van der Waals surface area contributed by atoms with E-state index in [4.69, 9.17) is 0 Å². The van der Waals surface area contributed by atoms with Crippen molar-refractivity contribution in [1.29, 1.82) is 0 Å². The Kier molecular flexibility index (Phi) is 3.43. The Labute approximate surface area is 107 Å². The van der Waals surface area contributed by atoms with E-state index in [1.54, 1.807) is 24.0 Å². The normalized spacial score (nSPS) is 10.0. The van der Waals surface area contributed by atoms with Gasteiger partial charge in [-0.1, -0.05) is 15.9 Å². The number of rotatable bonds is 2. The summed E-state index contributed by atoms with van der Waals surface area (Å²) in [5, 5.41) is 9.37. The van der Waals surface area contributed by atoms with Crippen molar-refractivity contribution in [2.75, 3.05) is 10.6 Å². The molecule has 1 aromatic carbocycles. The maximum atomic E-state index is 11.6. The minimum absolute atomic E-state index is 0.295. The van der Waals surface area contributed by atoms with E-state index in [-0.39, 0.29) is 6.03 Å². The number of aryl methyl sites for hydroxylation is 1. The van der Waals surface area contributed by atoms with Crippen LogP contribution < -0.4 is 10.6 Å². The van der Waals surface area contributed by atoms with Gasteiger partial charge >= 0.3 is 6.03 Å². The van der Waals surface area contributed by atoms with Gasteiger partial charge in [0.25, 0.3) is 0 Å². The smallest absolute Gasteiger partial charge is 0.308 e. The standard InChI is InChI=1S/C11H11BrN4O/c1-16-10(6-7-13-16)15-11(17)14-9-4-2-8(12)3-5-9/h2-7H,1H3,(H2,14,15,17). The number of hydrogen-bond acceptors (Lipinski definition) is 2. The van der Waals surface area contributed by atoms with Crippen LogP contribution in [0.4, 0.5) is 16.3 Å². The molecule has 0 aliphatic heterocycles. The predicted molar refractivity (Wildman–Crippen MR) is 70.0 cm³/mol. The van der Waals surface area contributed by atoms with Crippen LogP contribution >= 0.6 is 15.9 Å². The van der Waals surface area contributed by atoms with Crippen molar-refractivity contribution in [1.82, 2.24) is 9.78 Å². The van der Waals surface area contributed by atoms with E-state index in [1.807, 2.05) is 24.3 Å². The van der Waals surface area contributed by atoms with Crippen molar-refractivity contribution >= 4 is 33.5 Å². The topological polar surface area (TPSA) is 59.0 Å². The van der Waals surface area contributed by atoms with Crippen LogP contribution in [0.2, 0.25) is 0 Å². The van der Waals surface area contributed by atoms with Crippen LogP contribution in [0.3, 0.4) is 0 Å². The van der Waals surface area contributed by atoms with E-state index < -0.39 is 0 Å². The Bertz CT molecular complexity index is 521. The molecule has 0 atom stereocenters. The summed E-state index contributed by atoms with van der Waals surface area (Å²) >= 11 is 3.33. The maximum Gasteiger partial charge on any atom is 0.324 e. The highest BCUT2D eigenvalue weighted by Gasteiger charge is 2.04. The van der Waals surface area contributed by atoms with E-state index in [0.29, 0.717) is 5.82 Å². The van der Waals surface area contributed by atoms with Crippen molar-refractivity contribution in [2.24, 2.45) is 7.05 Å². The van der Waals surface area contributed by atoms with Gasteiger partial charge in [0.2, 0.25) is 0 Å². The van der Waals surface area contributed by atoms with E-state index in [9.17, 15) is 4.79 Å². The van der Waals surface area contributed by atoms with E-state index in [0.717, 1.165) is 10.2 Å². The molecule has 0 saturated carbocycles. The molecule has 0 unspecified atom stereocenters. The molecule has 0 saturated heterocycles. The zero-order valence-electron chi connectivity index (χ0n) is 9.14. The molecule has 1 aromatic heterocycles. The molecule has 0 spiro atoms. The van der Waals surface area contributed by atoms with E-state index in [1.165, 1.54) is 0 Å². The lowest BCUT2D eigenvalue weighted by molar-refractivity contribution is 0.262. The first kappa shape index (κ1) is 11.7. The highest BCUT2D eigenvalue weighted by atomic mass is 79.9. The fourth-order valence-electron chi connectivity index (χ4n) is 1.31. The fraction of sp³-hybridized carbons (Fsp3) is 0.0909. The highest BCUT2D eigenvalue weighted by molar-refractivity contribution is 9.10. The molecule has 17 heavy (non-hydrogen) atoms. The molecule has 0 aliphatic rings.